The van der Waals surface area contributed by atoms with Gasteiger partial charge in [0.25, 0.3) is 5.89 Å². The smallest absolute Gasteiger partial charge is 0.319 e. The molecule has 1 saturated heterocycles. The van der Waals surface area contributed by atoms with Crippen LogP contribution in [0.3, 0.4) is 0 Å². The van der Waals surface area contributed by atoms with Gasteiger partial charge in [-0.2, -0.15) is 0 Å². The zero-order chi connectivity index (χ0) is 19.3. The number of nitrogens with zero attached hydrogens (tertiary/aromatic N) is 1. The molecule has 1 atom stereocenters. The third kappa shape index (κ3) is 2.82. The molecule has 3 heterocycles. The molecule has 3 aliphatic rings. The fourth-order valence-electron chi connectivity index (χ4n) is 4.56. The largest absolute Gasteiger partial charge is 0.432 e. The van der Waals surface area contributed by atoms with Crippen LogP contribution in [0.4, 0.5) is 10.5 Å². The fourth-order valence-corrected chi connectivity index (χ4v) is 4.81. The van der Waals surface area contributed by atoms with Crippen LogP contribution in [0, 0.1) is 0 Å². The van der Waals surface area contributed by atoms with Gasteiger partial charge in [0.15, 0.2) is 5.58 Å². The molecule has 0 radical (unpaired) electrons. The Morgan fingerprint density at radius 2 is 2.14 bits per heavy atom. The minimum Gasteiger partial charge on any atom is -0.432 e. The average Bonchev–Trinajstić information content (AvgIpc) is 3.32. The molecule has 1 aliphatic carbocycles. The predicted octanol–water partition coefficient (Wildman–Crippen LogP) is 3.29. The van der Waals surface area contributed by atoms with Crippen LogP contribution in [-0.2, 0) is 10.3 Å². The van der Waals surface area contributed by atoms with Gasteiger partial charge in [-0.3, -0.25) is 4.79 Å². The number of ether oxygens (including phenoxy) is 1. The van der Waals surface area contributed by atoms with E-state index in [0.717, 1.165) is 44.1 Å². The van der Waals surface area contributed by atoms with Gasteiger partial charge in [-0.05, 0) is 25.3 Å². The molecule has 0 bridgehead atoms. The first-order chi connectivity index (χ1) is 13.6. The molecule has 1 saturated carbocycles. The number of carbonyl (C=O) groups excluding carboxylic acids is 2. The molecule has 8 nitrogen and oxygen atoms in total. The number of anilines is 1. The van der Waals surface area contributed by atoms with Crippen molar-refractivity contribution in [3.05, 3.63) is 22.5 Å². The first-order valence-corrected chi connectivity index (χ1v) is 10.0. The summed E-state index contributed by atoms with van der Waals surface area (Å²) in [6, 6.07) is 1.33. The molecule has 2 fully saturated rings. The van der Waals surface area contributed by atoms with Crippen LogP contribution in [0.15, 0.2) is 10.5 Å². The lowest BCUT2D eigenvalue weighted by atomic mass is 9.74. The summed E-state index contributed by atoms with van der Waals surface area (Å²) in [4.78, 5) is 29.3. The van der Waals surface area contributed by atoms with Crippen LogP contribution in [0.25, 0.3) is 11.1 Å². The second-order valence-electron chi connectivity index (χ2n) is 7.73. The van der Waals surface area contributed by atoms with Gasteiger partial charge in [-0.25, -0.2) is 9.78 Å². The molecule has 5 rings (SSSR count). The van der Waals surface area contributed by atoms with E-state index in [-0.39, 0.29) is 23.9 Å². The van der Waals surface area contributed by atoms with E-state index in [0.29, 0.717) is 35.0 Å². The summed E-state index contributed by atoms with van der Waals surface area (Å²) in [5.41, 5.74) is 1.81. The van der Waals surface area contributed by atoms with E-state index in [4.69, 9.17) is 20.8 Å². The second kappa shape index (κ2) is 6.63. The number of benzene rings is 1. The van der Waals surface area contributed by atoms with E-state index in [1.54, 1.807) is 6.07 Å². The Morgan fingerprint density at radius 3 is 2.89 bits per heavy atom. The highest BCUT2D eigenvalue weighted by Gasteiger charge is 2.44. The Kier molecular flexibility index (Phi) is 4.21. The highest BCUT2D eigenvalue weighted by molar-refractivity contribution is 6.35. The van der Waals surface area contributed by atoms with Crippen molar-refractivity contribution in [3.8, 4) is 0 Å². The van der Waals surface area contributed by atoms with Crippen LogP contribution < -0.4 is 16.0 Å². The topological polar surface area (TPSA) is 105 Å². The molecule has 2 aromatic rings. The van der Waals surface area contributed by atoms with E-state index in [9.17, 15) is 9.59 Å². The quantitative estimate of drug-likeness (QED) is 0.712. The second-order valence-corrected chi connectivity index (χ2v) is 8.14. The van der Waals surface area contributed by atoms with Gasteiger partial charge in [0.2, 0.25) is 0 Å². The lowest BCUT2D eigenvalue weighted by Gasteiger charge is -2.42. The molecule has 2 aliphatic heterocycles. The number of nitrogens with one attached hydrogen (secondary N) is 3. The predicted molar refractivity (Wildman–Crippen MR) is 103 cm³/mol. The van der Waals surface area contributed by atoms with E-state index >= 15 is 0 Å². The summed E-state index contributed by atoms with van der Waals surface area (Å²) < 4.78 is 11.2. The van der Waals surface area contributed by atoms with Crippen molar-refractivity contribution in [2.75, 3.05) is 18.5 Å². The molecule has 28 heavy (non-hydrogen) atoms. The van der Waals surface area contributed by atoms with E-state index < -0.39 is 5.54 Å². The van der Waals surface area contributed by atoms with Crippen LogP contribution >= 0.6 is 11.6 Å². The Balaban J connectivity index is 1.61. The zero-order valence-electron chi connectivity index (χ0n) is 15.3. The van der Waals surface area contributed by atoms with Gasteiger partial charge in [-0.15, -0.1) is 0 Å². The molecule has 148 valence electrons. The molecule has 1 aromatic heterocycles. The molecule has 3 N–H and O–H groups in total. The molecular weight excluding hydrogens is 384 g/mol. The Labute approximate surface area is 166 Å². The number of urea groups is 1. The Hall–Kier alpha value is -2.32. The van der Waals surface area contributed by atoms with Crippen molar-refractivity contribution in [3.63, 3.8) is 0 Å². The van der Waals surface area contributed by atoms with Crippen molar-refractivity contribution in [2.24, 2.45) is 0 Å². The first kappa shape index (κ1) is 17.8. The van der Waals surface area contributed by atoms with E-state index in [2.05, 4.69) is 20.9 Å². The van der Waals surface area contributed by atoms with Crippen molar-refractivity contribution < 1.29 is 18.7 Å². The number of hydrogen-bond donors (Lipinski definition) is 3. The van der Waals surface area contributed by atoms with Crippen molar-refractivity contribution in [1.82, 2.24) is 15.6 Å². The van der Waals surface area contributed by atoms with Crippen molar-refractivity contribution in [1.29, 1.82) is 0 Å². The lowest BCUT2D eigenvalue weighted by molar-refractivity contribution is 0.0897. The van der Waals surface area contributed by atoms with Gasteiger partial charge >= 0.3 is 11.9 Å². The fraction of sp³-hybridized carbons (Fsp3) is 0.526. The highest BCUT2D eigenvalue weighted by Crippen LogP contribution is 2.48. The van der Waals surface area contributed by atoms with Crippen LogP contribution in [0.1, 0.15) is 54.8 Å². The minimum atomic E-state index is -0.550. The number of carbonyl (C=O) groups is 2. The molecular formula is C19H21ClN4O4. The van der Waals surface area contributed by atoms with Gasteiger partial charge in [0.05, 0.1) is 28.9 Å². The van der Waals surface area contributed by atoms with Crippen LogP contribution in [-0.4, -0.2) is 36.2 Å². The number of halogens is 1. The van der Waals surface area contributed by atoms with Gasteiger partial charge in [0.1, 0.15) is 5.52 Å². The third-order valence-electron chi connectivity index (χ3n) is 5.87. The summed E-state index contributed by atoms with van der Waals surface area (Å²) in [6.07, 6.45) is 5.48. The van der Waals surface area contributed by atoms with Crippen molar-refractivity contribution in [2.45, 2.75) is 50.1 Å². The Morgan fingerprint density at radius 1 is 1.32 bits per heavy atom. The summed E-state index contributed by atoms with van der Waals surface area (Å²) >= 11 is 6.47. The Bertz CT molecular complexity index is 960. The summed E-state index contributed by atoms with van der Waals surface area (Å²) in [7, 11) is 0. The monoisotopic (exact) mass is 404 g/mol. The lowest BCUT2D eigenvalue weighted by Crippen LogP contribution is -2.52. The summed E-state index contributed by atoms with van der Waals surface area (Å²) in [5, 5.41) is 9.18. The molecule has 1 spiro atoms. The van der Waals surface area contributed by atoms with Crippen molar-refractivity contribution >= 4 is 40.3 Å². The van der Waals surface area contributed by atoms with Crippen LogP contribution in [0.5, 0.6) is 0 Å². The SMILES string of the molecule is O=C1Nc2c(Cl)cc3nc(C(=O)N[C@H]4CCOC4)oc3c2C2(CCCCC2)N1. The summed E-state index contributed by atoms with van der Waals surface area (Å²) in [6.45, 7) is 1.13. The maximum absolute atomic E-state index is 12.6. The van der Waals surface area contributed by atoms with Gasteiger partial charge in [-0.1, -0.05) is 30.9 Å². The normalized spacial score (nSPS) is 23.3. The number of aromatic nitrogens is 1. The average molecular weight is 405 g/mol. The number of amides is 3. The maximum Gasteiger partial charge on any atom is 0.319 e. The summed E-state index contributed by atoms with van der Waals surface area (Å²) in [5.74, 6) is -0.378. The molecule has 9 heteroatoms. The standard InChI is InChI=1S/C19H21ClN4O4/c20-11-8-12-15(28-17(22-12)16(25)21-10-4-7-27-9-10)13-14(11)23-18(26)24-19(13)5-2-1-3-6-19/h8,10H,1-7,9H2,(H,21,25)(H2,23,24,26)/t10-/m0/s1. The van der Waals surface area contributed by atoms with E-state index in [1.807, 2.05) is 0 Å². The molecule has 0 unspecified atom stereocenters. The van der Waals surface area contributed by atoms with Crippen LogP contribution in [0.2, 0.25) is 5.02 Å². The molecule has 3 amide bonds. The number of fused-ring (bicyclic) bond motifs is 4. The first-order valence-electron chi connectivity index (χ1n) is 9.67. The number of oxazole rings is 1. The van der Waals surface area contributed by atoms with E-state index in [1.165, 1.54) is 0 Å². The number of hydrogen-bond acceptors (Lipinski definition) is 5. The third-order valence-corrected chi connectivity index (χ3v) is 6.17. The van der Waals surface area contributed by atoms with Gasteiger partial charge in [0, 0.05) is 12.2 Å². The number of rotatable bonds is 2. The maximum atomic E-state index is 12.6. The zero-order valence-corrected chi connectivity index (χ0v) is 16.0. The van der Waals surface area contributed by atoms with Gasteiger partial charge < -0.3 is 25.1 Å². The highest BCUT2D eigenvalue weighted by atomic mass is 35.5. The molecule has 1 aromatic carbocycles. The minimum absolute atomic E-state index is 0.00535.